The first-order chi connectivity index (χ1) is 12.4. The van der Waals surface area contributed by atoms with Crippen molar-refractivity contribution in [1.29, 1.82) is 0 Å². The van der Waals surface area contributed by atoms with E-state index in [2.05, 4.69) is 15.5 Å². The van der Waals surface area contributed by atoms with E-state index in [1.165, 1.54) is 0 Å². The molecule has 6 heteroatoms. The molecule has 3 rings (SSSR count). The predicted octanol–water partition coefficient (Wildman–Crippen LogP) is 2.68. The fraction of sp³-hybridized carbons (Fsp3) is 0.250. The first kappa shape index (κ1) is 17.7. The van der Waals surface area contributed by atoms with Gasteiger partial charge in [0.05, 0.1) is 12.5 Å². The van der Waals surface area contributed by atoms with Crippen LogP contribution < -0.4 is 15.6 Å². The van der Waals surface area contributed by atoms with Gasteiger partial charge >= 0.3 is 0 Å². The van der Waals surface area contributed by atoms with Crippen LogP contribution in [0.3, 0.4) is 0 Å². The minimum absolute atomic E-state index is 0.202. The number of amides is 1. The number of carbonyl (C=O) groups excluding carboxylic acids is 1. The SMILES string of the molecule is COc1ccccc1CC(C)(C)NC(=O)c1n[nH]c(=O)c2ccccc12. The van der Waals surface area contributed by atoms with Gasteiger partial charge in [0.25, 0.3) is 11.5 Å². The Bertz CT molecular complexity index is 1010. The number of nitrogens with zero attached hydrogens (tertiary/aromatic N) is 1. The lowest BCUT2D eigenvalue weighted by molar-refractivity contribution is 0.0908. The van der Waals surface area contributed by atoms with E-state index in [1.54, 1.807) is 31.4 Å². The molecule has 0 atom stereocenters. The molecule has 26 heavy (non-hydrogen) atoms. The van der Waals surface area contributed by atoms with Crippen LogP contribution in [-0.4, -0.2) is 28.8 Å². The van der Waals surface area contributed by atoms with Gasteiger partial charge in [0, 0.05) is 10.9 Å². The van der Waals surface area contributed by atoms with Gasteiger partial charge in [-0.25, -0.2) is 5.10 Å². The maximum atomic E-state index is 12.8. The van der Waals surface area contributed by atoms with E-state index in [0.29, 0.717) is 17.2 Å². The molecule has 0 unspecified atom stereocenters. The molecule has 0 aliphatic rings. The van der Waals surface area contributed by atoms with Crippen LogP contribution in [0, 0.1) is 0 Å². The molecule has 1 heterocycles. The number of hydrogen-bond acceptors (Lipinski definition) is 4. The number of rotatable bonds is 5. The van der Waals surface area contributed by atoms with Gasteiger partial charge in [0.15, 0.2) is 5.69 Å². The molecular weight excluding hydrogens is 330 g/mol. The number of benzene rings is 2. The summed E-state index contributed by atoms with van der Waals surface area (Å²) in [5, 5.41) is 10.3. The van der Waals surface area contributed by atoms with Crippen LogP contribution in [0.1, 0.15) is 29.9 Å². The molecule has 0 radical (unpaired) electrons. The predicted molar refractivity (Wildman–Crippen MR) is 101 cm³/mol. The summed E-state index contributed by atoms with van der Waals surface area (Å²) in [5.41, 5.74) is 0.350. The molecule has 0 bridgehead atoms. The number of hydrogen-bond donors (Lipinski definition) is 2. The maximum Gasteiger partial charge on any atom is 0.272 e. The van der Waals surface area contributed by atoms with Crippen molar-refractivity contribution < 1.29 is 9.53 Å². The number of aromatic nitrogens is 2. The number of para-hydroxylation sites is 1. The van der Waals surface area contributed by atoms with Gasteiger partial charge in [0.1, 0.15) is 5.75 Å². The van der Waals surface area contributed by atoms with Crippen LogP contribution in [0.4, 0.5) is 0 Å². The second-order valence-corrected chi connectivity index (χ2v) is 6.77. The van der Waals surface area contributed by atoms with Gasteiger partial charge in [-0.05, 0) is 38.0 Å². The molecule has 134 valence electrons. The zero-order valence-corrected chi connectivity index (χ0v) is 15.0. The summed E-state index contributed by atoms with van der Waals surface area (Å²) in [6.07, 6.45) is 0.587. The lowest BCUT2D eigenvalue weighted by atomic mass is 9.94. The van der Waals surface area contributed by atoms with Crippen molar-refractivity contribution in [3.05, 3.63) is 70.1 Å². The van der Waals surface area contributed by atoms with E-state index in [4.69, 9.17) is 4.74 Å². The Balaban J connectivity index is 1.87. The van der Waals surface area contributed by atoms with E-state index in [1.807, 2.05) is 38.1 Å². The number of ether oxygens (including phenoxy) is 1. The van der Waals surface area contributed by atoms with Gasteiger partial charge < -0.3 is 10.1 Å². The third-order valence-electron chi connectivity index (χ3n) is 4.19. The monoisotopic (exact) mass is 351 g/mol. The van der Waals surface area contributed by atoms with Crippen molar-refractivity contribution in [3.63, 3.8) is 0 Å². The summed E-state index contributed by atoms with van der Waals surface area (Å²) >= 11 is 0. The lowest BCUT2D eigenvalue weighted by Crippen LogP contribution is -2.45. The normalized spacial score (nSPS) is 11.3. The highest BCUT2D eigenvalue weighted by molar-refractivity contribution is 6.04. The van der Waals surface area contributed by atoms with Crippen molar-refractivity contribution in [2.24, 2.45) is 0 Å². The van der Waals surface area contributed by atoms with Crippen LogP contribution in [0.5, 0.6) is 5.75 Å². The third kappa shape index (κ3) is 3.59. The van der Waals surface area contributed by atoms with Gasteiger partial charge in [0.2, 0.25) is 0 Å². The zero-order chi connectivity index (χ0) is 18.7. The highest BCUT2D eigenvalue weighted by atomic mass is 16.5. The van der Waals surface area contributed by atoms with Crippen molar-refractivity contribution in [3.8, 4) is 5.75 Å². The first-order valence-electron chi connectivity index (χ1n) is 8.33. The van der Waals surface area contributed by atoms with Crippen LogP contribution in [0.25, 0.3) is 10.8 Å². The van der Waals surface area contributed by atoms with Gasteiger partial charge in [-0.1, -0.05) is 36.4 Å². The number of fused-ring (bicyclic) bond motifs is 1. The van der Waals surface area contributed by atoms with E-state index in [0.717, 1.165) is 11.3 Å². The first-order valence-corrected chi connectivity index (χ1v) is 8.33. The molecular formula is C20H21N3O3. The van der Waals surface area contributed by atoms with Crippen molar-refractivity contribution in [2.75, 3.05) is 7.11 Å². The molecule has 0 aliphatic heterocycles. The van der Waals surface area contributed by atoms with E-state index in [9.17, 15) is 9.59 Å². The fourth-order valence-corrected chi connectivity index (χ4v) is 3.02. The molecule has 3 aromatic rings. The number of H-pyrrole nitrogens is 1. The van der Waals surface area contributed by atoms with Gasteiger partial charge in [-0.15, -0.1) is 0 Å². The average molecular weight is 351 g/mol. The molecule has 0 saturated heterocycles. The van der Waals surface area contributed by atoms with Crippen LogP contribution >= 0.6 is 0 Å². The summed E-state index contributed by atoms with van der Waals surface area (Å²) in [7, 11) is 1.63. The molecule has 1 amide bonds. The van der Waals surface area contributed by atoms with Gasteiger partial charge in [-0.2, -0.15) is 5.10 Å². The largest absolute Gasteiger partial charge is 0.496 e. The Kier molecular flexibility index (Phi) is 4.75. The van der Waals surface area contributed by atoms with Crippen LogP contribution in [0.15, 0.2) is 53.3 Å². The highest BCUT2D eigenvalue weighted by Crippen LogP contribution is 2.23. The van der Waals surface area contributed by atoms with E-state index >= 15 is 0 Å². The number of carbonyl (C=O) groups is 1. The minimum atomic E-state index is -0.537. The molecule has 0 aliphatic carbocycles. The van der Waals surface area contributed by atoms with Crippen molar-refractivity contribution >= 4 is 16.7 Å². The second kappa shape index (κ2) is 7.00. The summed E-state index contributed by atoms with van der Waals surface area (Å²) in [5.74, 6) is 0.444. The smallest absolute Gasteiger partial charge is 0.272 e. The zero-order valence-electron chi connectivity index (χ0n) is 15.0. The third-order valence-corrected chi connectivity index (χ3v) is 4.19. The van der Waals surface area contributed by atoms with Crippen LogP contribution in [-0.2, 0) is 6.42 Å². The second-order valence-electron chi connectivity index (χ2n) is 6.77. The topological polar surface area (TPSA) is 84.1 Å². The maximum absolute atomic E-state index is 12.8. The quantitative estimate of drug-likeness (QED) is 0.740. The number of aromatic amines is 1. The summed E-state index contributed by atoms with van der Waals surface area (Å²) in [4.78, 5) is 24.7. The Labute approximate surface area is 151 Å². The summed E-state index contributed by atoms with van der Waals surface area (Å²) < 4.78 is 5.39. The minimum Gasteiger partial charge on any atom is -0.496 e. The summed E-state index contributed by atoms with van der Waals surface area (Å²) in [6.45, 7) is 3.87. The Morgan fingerprint density at radius 2 is 1.77 bits per heavy atom. The molecule has 0 spiro atoms. The Morgan fingerprint density at radius 3 is 2.50 bits per heavy atom. The van der Waals surface area contributed by atoms with E-state index < -0.39 is 5.54 Å². The molecule has 2 aromatic carbocycles. The van der Waals surface area contributed by atoms with Gasteiger partial charge in [-0.3, -0.25) is 9.59 Å². The number of methoxy groups -OCH3 is 1. The molecule has 1 aromatic heterocycles. The highest BCUT2D eigenvalue weighted by Gasteiger charge is 2.25. The number of nitrogens with one attached hydrogen (secondary N) is 2. The Hall–Kier alpha value is -3.15. The Morgan fingerprint density at radius 1 is 1.12 bits per heavy atom. The fourth-order valence-electron chi connectivity index (χ4n) is 3.02. The molecule has 6 nitrogen and oxygen atoms in total. The molecule has 2 N–H and O–H groups in total. The van der Waals surface area contributed by atoms with Crippen molar-refractivity contribution in [2.45, 2.75) is 25.8 Å². The molecule has 0 fully saturated rings. The molecule has 0 saturated carbocycles. The summed E-state index contributed by atoms with van der Waals surface area (Å²) in [6, 6.07) is 14.6. The standard InChI is InChI=1S/C20H21N3O3/c1-20(2,12-13-8-4-7-11-16(13)26-3)21-19(25)17-14-9-5-6-10-15(14)18(24)23-22-17/h4-11H,12H2,1-3H3,(H,21,25)(H,23,24). The lowest BCUT2D eigenvalue weighted by Gasteiger charge is -2.27. The van der Waals surface area contributed by atoms with Crippen LogP contribution in [0.2, 0.25) is 0 Å². The average Bonchev–Trinajstić information content (AvgIpc) is 2.62. The van der Waals surface area contributed by atoms with E-state index in [-0.39, 0.29) is 17.2 Å². The van der Waals surface area contributed by atoms with Crippen molar-refractivity contribution in [1.82, 2.24) is 15.5 Å².